The van der Waals surface area contributed by atoms with Crippen molar-refractivity contribution in [1.29, 1.82) is 0 Å². The van der Waals surface area contributed by atoms with E-state index in [1.807, 2.05) is 0 Å². The molecular weight excluding hydrogens is 266 g/mol. The fourth-order valence-corrected chi connectivity index (χ4v) is 2.01. The molecule has 2 N–H and O–H groups in total. The normalized spacial score (nSPS) is 26.9. The number of alkyl halides is 2. The lowest BCUT2D eigenvalue weighted by Gasteiger charge is -2.34. The van der Waals surface area contributed by atoms with E-state index < -0.39 is 18.1 Å². The van der Waals surface area contributed by atoms with Crippen LogP contribution in [0.2, 0.25) is 5.15 Å². The Morgan fingerprint density at radius 1 is 1.44 bits per heavy atom. The Labute approximate surface area is 108 Å². The topological polar surface area (TPSA) is 70.9 Å². The Morgan fingerprint density at radius 3 is 2.83 bits per heavy atom. The quantitative estimate of drug-likeness (QED) is 0.863. The molecule has 2 rings (SSSR count). The molecule has 1 heterocycles. The van der Waals surface area contributed by atoms with E-state index >= 15 is 0 Å². The van der Waals surface area contributed by atoms with Crippen molar-refractivity contribution in [3.8, 4) is 0 Å². The number of nitrogens with one attached hydrogen (secondary N) is 1. The van der Waals surface area contributed by atoms with E-state index in [-0.39, 0.29) is 17.5 Å². The fraction of sp³-hybridized carbons (Fsp3) is 0.700. The molecule has 8 heteroatoms. The molecule has 1 aliphatic rings. The first-order valence-corrected chi connectivity index (χ1v) is 5.97. The van der Waals surface area contributed by atoms with Crippen molar-refractivity contribution in [3.63, 3.8) is 0 Å². The monoisotopic (exact) mass is 278 g/mol. The van der Waals surface area contributed by atoms with Crippen molar-refractivity contribution in [2.24, 2.45) is 0 Å². The van der Waals surface area contributed by atoms with Gasteiger partial charge in [-0.2, -0.15) is 0 Å². The van der Waals surface area contributed by atoms with Crippen LogP contribution in [0.15, 0.2) is 0 Å². The van der Waals surface area contributed by atoms with E-state index in [0.717, 1.165) is 0 Å². The van der Waals surface area contributed by atoms with Gasteiger partial charge in [0.05, 0.1) is 11.7 Å². The first-order chi connectivity index (χ1) is 8.40. The highest BCUT2D eigenvalue weighted by Crippen LogP contribution is 2.34. The van der Waals surface area contributed by atoms with Gasteiger partial charge in [-0.1, -0.05) is 11.6 Å². The molecule has 0 amide bonds. The molecule has 0 spiro atoms. The summed E-state index contributed by atoms with van der Waals surface area (Å²) in [6.07, 6.45) is -1.28. The van der Waals surface area contributed by atoms with Crippen LogP contribution >= 0.6 is 11.6 Å². The average Bonchev–Trinajstić information content (AvgIpc) is 2.30. The molecule has 1 aromatic rings. The number of aliphatic hydroxyl groups excluding tert-OH is 1. The minimum absolute atomic E-state index is 0.0960. The number of anilines is 1. The van der Waals surface area contributed by atoms with Gasteiger partial charge in [-0.05, 0) is 19.8 Å². The summed E-state index contributed by atoms with van der Waals surface area (Å²) in [7, 11) is 0. The van der Waals surface area contributed by atoms with Crippen LogP contribution in [0.3, 0.4) is 0 Å². The molecule has 1 fully saturated rings. The van der Waals surface area contributed by atoms with Crippen LogP contribution in [-0.2, 0) is 0 Å². The van der Waals surface area contributed by atoms with Gasteiger partial charge in [0.1, 0.15) is 6.10 Å². The van der Waals surface area contributed by atoms with Crippen LogP contribution in [0, 0.1) is 6.92 Å². The van der Waals surface area contributed by atoms with Crippen LogP contribution in [0.1, 0.15) is 25.0 Å². The summed E-state index contributed by atoms with van der Waals surface area (Å²) in [6.45, 7) is 1.63. The molecule has 1 aliphatic carbocycles. The lowest BCUT2D eigenvalue weighted by atomic mass is 9.89. The molecule has 1 aromatic heterocycles. The van der Waals surface area contributed by atoms with Crippen molar-refractivity contribution < 1.29 is 13.9 Å². The first-order valence-electron chi connectivity index (χ1n) is 5.59. The van der Waals surface area contributed by atoms with Gasteiger partial charge in [0, 0.05) is 6.42 Å². The van der Waals surface area contributed by atoms with Crippen LogP contribution in [0.25, 0.3) is 0 Å². The largest absolute Gasteiger partial charge is 0.385 e. The van der Waals surface area contributed by atoms with E-state index in [4.69, 9.17) is 11.6 Å². The molecule has 0 radical (unpaired) electrons. The summed E-state index contributed by atoms with van der Waals surface area (Å²) < 4.78 is 26.7. The molecule has 0 saturated heterocycles. The number of rotatable bonds is 2. The van der Waals surface area contributed by atoms with Crippen molar-refractivity contribution in [2.75, 3.05) is 5.32 Å². The summed E-state index contributed by atoms with van der Waals surface area (Å²) >= 11 is 5.66. The molecule has 100 valence electrons. The maximum Gasteiger partial charge on any atom is 0.275 e. The predicted octanol–water partition coefficient (Wildman–Crippen LogP) is 1.79. The second-order valence-corrected chi connectivity index (χ2v) is 4.72. The lowest BCUT2D eigenvalue weighted by Crippen LogP contribution is -2.49. The van der Waals surface area contributed by atoms with Crippen LogP contribution < -0.4 is 5.32 Å². The lowest BCUT2D eigenvalue weighted by molar-refractivity contribution is -0.135. The predicted molar refractivity (Wildman–Crippen MR) is 61.8 cm³/mol. The Hall–Kier alpha value is -1.08. The van der Waals surface area contributed by atoms with Crippen molar-refractivity contribution in [2.45, 2.75) is 44.3 Å². The fourth-order valence-electron chi connectivity index (χ4n) is 1.93. The third-order valence-corrected chi connectivity index (χ3v) is 3.31. The van der Waals surface area contributed by atoms with Gasteiger partial charge in [0.25, 0.3) is 5.92 Å². The maximum atomic E-state index is 13.3. The maximum absolute atomic E-state index is 13.3. The standard InChI is InChI=1S/C10H13ClF2N4O/c1-5-8(11)16-17-9(14-5)15-6-3-2-4-10(12,13)7(6)18/h6-7,18H,2-4H2,1H3,(H,14,15,17)/t6-,7+/m1/s1. The summed E-state index contributed by atoms with van der Waals surface area (Å²) in [5.74, 6) is -2.98. The molecule has 1 saturated carbocycles. The van der Waals surface area contributed by atoms with Crippen LogP contribution in [0.4, 0.5) is 14.7 Å². The molecule has 0 bridgehead atoms. The highest BCUT2D eigenvalue weighted by Gasteiger charge is 2.46. The molecule has 2 atom stereocenters. The number of halogens is 3. The van der Waals surface area contributed by atoms with Gasteiger partial charge < -0.3 is 10.4 Å². The van der Waals surface area contributed by atoms with Gasteiger partial charge in [-0.3, -0.25) is 0 Å². The molecule has 5 nitrogen and oxygen atoms in total. The SMILES string of the molecule is Cc1nc(N[C@@H]2CCCC(F)(F)[C@H]2O)nnc1Cl. The minimum atomic E-state index is -3.08. The highest BCUT2D eigenvalue weighted by atomic mass is 35.5. The molecule has 0 aromatic carbocycles. The molecular formula is C10H13ClF2N4O. The first kappa shape index (κ1) is 13.4. The summed E-state index contributed by atoms with van der Waals surface area (Å²) in [5.41, 5.74) is 0.450. The second kappa shape index (κ2) is 4.89. The summed E-state index contributed by atoms with van der Waals surface area (Å²) in [4.78, 5) is 3.98. The van der Waals surface area contributed by atoms with Crippen LogP contribution in [0.5, 0.6) is 0 Å². The molecule has 0 aliphatic heterocycles. The highest BCUT2D eigenvalue weighted by molar-refractivity contribution is 6.29. The average molecular weight is 279 g/mol. The van der Waals surface area contributed by atoms with E-state index in [2.05, 4.69) is 20.5 Å². The number of nitrogens with zero attached hydrogens (tertiary/aromatic N) is 3. The van der Waals surface area contributed by atoms with E-state index in [1.165, 1.54) is 0 Å². The van der Waals surface area contributed by atoms with Crippen molar-refractivity contribution >= 4 is 17.5 Å². The third-order valence-electron chi connectivity index (χ3n) is 2.96. The summed E-state index contributed by atoms with van der Waals surface area (Å²) in [6, 6.07) is -0.781. The number of hydrogen-bond acceptors (Lipinski definition) is 5. The minimum Gasteiger partial charge on any atom is -0.385 e. The zero-order chi connectivity index (χ0) is 13.3. The Morgan fingerprint density at radius 2 is 2.17 bits per heavy atom. The molecule has 0 unspecified atom stereocenters. The Bertz CT molecular complexity index is 446. The summed E-state index contributed by atoms with van der Waals surface area (Å²) in [5, 5.41) is 19.7. The van der Waals surface area contributed by atoms with Gasteiger partial charge in [0.15, 0.2) is 5.15 Å². The van der Waals surface area contributed by atoms with Gasteiger partial charge in [-0.25, -0.2) is 13.8 Å². The number of aliphatic hydroxyl groups is 1. The number of aromatic nitrogens is 3. The number of aryl methyl sites for hydroxylation is 1. The van der Waals surface area contributed by atoms with Crippen LogP contribution in [-0.4, -0.2) is 38.4 Å². The van der Waals surface area contributed by atoms with E-state index in [1.54, 1.807) is 6.92 Å². The second-order valence-electron chi connectivity index (χ2n) is 4.36. The Kier molecular flexibility index (Phi) is 3.63. The van der Waals surface area contributed by atoms with Crippen molar-refractivity contribution in [3.05, 3.63) is 10.8 Å². The smallest absolute Gasteiger partial charge is 0.275 e. The number of hydrogen-bond donors (Lipinski definition) is 2. The third kappa shape index (κ3) is 2.67. The molecule has 18 heavy (non-hydrogen) atoms. The zero-order valence-electron chi connectivity index (χ0n) is 9.70. The Balaban J connectivity index is 2.11. The van der Waals surface area contributed by atoms with Gasteiger partial charge in [0.2, 0.25) is 5.95 Å². The van der Waals surface area contributed by atoms with Gasteiger partial charge >= 0.3 is 0 Å². The van der Waals surface area contributed by atoms with Gasteiger partial charge in [-0.15, -0.1) is 10.2 Å². The van der Waals surface area contributed by atoms with E-state index in [0.29, 0.717) is 18.5 Å². The van der Waals surface area contributed by atoms with E-state index in [9.17, 15) is 13.9 Å². The zero-order valence-corrected chi connectivity index (χ0v) is 10.5. The van der Waals surface area contributed by atoms with Crippen molar-refractivity contribution in [1.82, 2.24) is 15.2 Å².